The molecule has 1 amide bonds. The molecule has 1 aromatic heterocycles. The molecule has 1 aliphatic rings. The van der Waals surface area contributed by atoms with Crippen LogP contribution in [0.15, 0.2) is 72.8 Å². The van der Waals surface area contributed by atoms with Crippen LogP contribution in [0.25, 0.3) is 22.0 Å². The second kappa shape index (κ2) is 9.90. The van der Waals surface area contributed by atoms with Crippen LogP contribution in [0, 0.1) is 6.92 Å². The summed E-state index contributed by atoms with van der Waals surface area (Å²) in [6.45, 7) is 2.29. The summed E-state index contributed by atoms with van der Waals surface area (Å²) in [6, 6.07) is 24.2. The maximum absolute atomic E-state index is 12.9. The minimum absolute atomic E-state index is 0.0268. The van der Waals surface area contributed by atoms with Crippen LogP contribution in [0.4, 0.5) is 4.79 Å². The number of para-hydroxylation sites is 1. The Bertz CT molecular complexity index is 1350. The van der Waals surface area contributed by atoms with Crippen molar-refractivity contribution in [1.29, 1.82) is 0 Å². The Morgan fingerprint density at radius 3 is 2.22 bits per heavy atom. The van der Waals surface area contributed by atoms with Crippen molar-refractivity contribution in [1.82, 2.24) is 9.88 Å². The zero-order chi connectivity index (χ0) is 25.2. The predicted octanol–water partition coefficient (Wildman–Crippen LogP) is 5.80. The van der Waals surface area contributed by atoms with Crippen LogP contribution < -0.4 is 5.32 Å². The lowest BCUT2D eigenvalue weighted by Gasteiger charge is -2.20. The molecule has 3 aromatic carbocycles. The fraction of sp³-hybridized carbons (Fsp3) is 0.267. The summed E-state index contributed by atoms with van der Waals surface area (Å²) in [4.78, 5) is 24.2. The molecule has 1 atom stereocenters. The van der Waals surface area contributed by atoms with Crippen molar-refractivity contribution in [2.24, 2.45) is 7.05 Å². The summed E-state index contributed by atoms with van der Waals surface area (Å²) in [5, 5.41) is 13.4. The maximum atomic E-state index is 12.9. The van der Waals surface area contributed by atoms with E-state index in [1.54, 1.807) is 0 Å². The molecular weight excluding hydrogens is 452 g/mol. The average Bonchev–Trinajstić information content (AvgIpc) is 3.33. The molecule has 0 fully saturated rings. The first-order valence-electron chi connectivity index (χ1n) is 12.3. The number of aryl methyl sites for hydroxylation is 2. The number of aromatic nitrogens is 1. The number of benzene rings is 3. The zero-order valence-electron chi connectivity index (χ0n) is 20.5. The summed E-state index contributed by atoms with van der Waals surface area (Å²) in [5.74, 6) is -0.913. The van der Waals surface area contributed by atoms with Gasteiger partial charge in [0.25, 0.3) is 0 Å². The Labute approximate surface area is 210 Å². The van der Waals surface area contributed by atoms with Gasteiger partial charge in [-0.2, -0.15) is 0 Å². The van der Waals surface area contributed by atoms with E-state index < -0.39 is 12.1 Å². The standard InChI is InChI=1S/C30H30N2O4/c1-19-21-9-7-8-14-27(21)32(2)28(19)17-20(15-16-29(33)34)31-30(35)36-18-26-24-12-5-3-10-22(24)23-11-4-6-13-25(23)26/h3-14,20,26H,15-18H2,1-2H3,(H,31,35)(H,33,34). The van der Waals surface area contributed by atoms with Crippen LogP contribution in [-0.4, -0.2) is 34.4 Å². The van der Waals surface area contributed by atoms with Crippen molar-refractivity contribution in [2.75, 3.05) is 6.61 Å². The number of rotatable bonds is 8. The van der Waals surface area contributed by atoms with Crippen LogP contribution in [0.1, 0.15) is 41.1 Å². The van der Waals surface area contributed by atoms with Gasteiger partial charge in [-0.25, -0.2) is 4.79 Å². The maximum Gasteiger partial charge on any atom is 0.407 e. The smallest absolute Gasteiger partial charge is 0.407 e. The lowest BCUT2D eigenvalue weighted by molar-refractivity contribution is -0.137. The first-order chi connectivity index (χ1) is 17.4. The fourth-order valence-corrected chi connectivity index (χ4v) is 5.49. The summed E-state index contributed by atoms with van der Waals surface area (Å²) in [5.41, 5.74) is 7.98. The number of alkyl carbamates (subject to hydrolysis) is 1. The molecule has 0 saturated heterocycles. The van der Waals surface area contributed by atoms with E-state index in [-0.39, 0.29) is 25.0 Å². The van der Waals surface area contributed by atoms with E-state index in [0.717, 1.165) is 33.3 Å². The number of nitrogens with one attached hydrogen (secondary N) is 1. The molecule has 1 aliphatic carbocycles. The molecule has 184 valence electrons. The molecule has 2 N–H and O–H groups in total. The number of hydrogen-bond acceptors (Lipinski definition) is 3. The van der Waals surface area contributed by atoms with Gasteiger partial charge in [0.15, 0.2) is 0 Å². The van der Waals surface area contributed by atoms with Gasteiger partial charge in [-0.3, -0.25) is 4.79 Å². The van der Waals surface area contributed by atoms with Gasteiger partial charge < -0.3 is 19.7 Å². The Morgan fingerprint density at radius 1 is 0.972 bits per heavy atom. The van der Waals surface area contributed by atoms with Gasteiger partial charge in [0.2, 0.25) is 0 Å². The van der Waals surface area contributed by atoms with E-state index >= 15 is 0 Å². The number of carbonyl (C=O) groups excluding carboxylic acids is 1. The van der Waals surface area contributed by atoms with Crippen LogP contribution in [0.3, 0.4) is 0 Å². The van der Waals surface area contributed by atoms with Gasteiger partial charge in [-0.1, -0.05) is 66.7 Å². The van der Waals surface area contributed by atoms with Gasteiger partial charge >= 0.3 is 12.1 Å². The van der Waals surface area contributed by atoms with Crippen LogP contribution in [-0.2, 0) is 23.0 Å². The van der Waals surface area contributed by atoms with Crippen molar-refractivity contribution in [2.45, 2.75) is 38.1 Å². The van der Waals surface area contributed by atoms with Crippen molar-refractivity contribution >= 4 is 23.0 Å². The number of carbonyl (C=O) groups is 2. The summed E-state index contributed by atoms with van der Waals surface area (Å²) in [7, 11) is 2.01. The summed E-state index contributed by atoms with van der Waals surface area (Å²) in [6.07, 6.45) is 0.287. The van der Waals surface area contributed by atoms with Gasteiger partial charge in [0.05, 0.1) is 0 Å². The van der Waals surface area contributed by atoms with E-state index in [9.17, 15) is 14.7 Å². The molecule has 1 unspecified atom stereocenters. The van der Waals surface area contributed by atoms with Crippen LogP contribution in [0.2, 0.25) is 0 Å². The van der Waals surface area contributed by atoms with Crippen molar-refractivity contribution in [3.63, 3.8) is 0 Å². The predicted molar refractivity (Wildman–Crippen MR) is 140 cm³/mol. The normalized spacial score (nSPS) is 13.3. The number of carboxylic acids is 1. The number of ether oxygens (including phenoxy) is 1. The van der Waals surface area contributed by atoms with E-state index in [1.165, 1.54) is 11.1 Å². The Balaban J connectivity index is 1.31. The fourth-order valence-electron chi connectivity index (χ4n) is 5.49. The molecule has 0 aliphatic heterocycles. The van der Waals surface area contributed by atoms with Crippen molar-refractivity contribution in [3.8, 4) is 11.1 Å². The number of amides is 1. The molecule has 5 rings (SSSR count). The largest absolute Gasteiger partial charge is 0.481 e. The van der Waals surface area contributed by atoms with Crippen LogP contribution in [0.5, 0.6) is 0 Å². The molecule has 36 heavy (non-hydrogen) atoms. The lowest BCUT2D eigenvalue weighted by atomic mass is 9.98. The molecule has 0 bridgehead atoms. The molecule has 0 spiro atoms. The Morgan fingerprint density at radius 2 is 1.58 bits per heavy atom. The van der Waals surface area contributed by atoms with Crippen molar-refractivity contribution < 1.29 is 19.4 Å². The first-order valence-corrected chi connectivity index (χ1v) is 12.3. The van der Waals surface area contributed by atoms with Crippen molar-refractivity contribution in [3.05, 3.63) is 95.2 Å². The number of carboxylic acid groups (broad SMARTS) is 1. The molecular formula is C30H30N2O4. The molecule has 4 aromatic rings. The average molecular weight is 483 g/mol. The highest BCUT2D eigenvalue weighted by Gasteiger charge is 2.29. The van der Waals surface area contributed by atoms with Gasteiger partial charge in [-0.05, 0) is 47.2 Å². The quantitative estimate of drug-likeness (QED) is 0.333. The minimum atomic E-state index is -0.886. The third-order valence-electron chi connectivity index (χ3n) is 7.32. The highest BCUT2D eigenvalue weighted by molar-refractivity contribution is 5.85. The Hall–Kier alpha value is -4.06. The summed E-state index contributed by atoms with van der Waals surface area (Å²) >= 11 is 0. The highest BCUT2D eigenvalue weighted by Crippen LogP contribution is 2.44. The second-order valence-electron chi connectivity index (χ2n) is 9.45. The minimum Gasteiger partial charge on any atom is -0.481 e. The van der Waals surface area contributed by atoms with Gasteiger partial charge in [-0.15, -0.1) is 0 Å². The monoisotopic (exact) mass is 482 g/mol. The third-order valence-corrected chi connectivity index (χ3v) is 7.32. The molecule has 1 heterocycles. The van der Waals surface area contributed by atoms with Crippen LogP contribution >= 0.6 is 0 Å². The zero-order valence-corrected chi connectivity index (χ0v) is 20.5. The van der Waals surface area contributed by atoms with Gasteiger partial charge in [0, 0.05) is 48.4 Å². The van der Waals surface area contributed by atoms with E-state index in [1.807, 2.05) is 43.4 Å². The van der Waals surface area contributed by atoms with Gasteiger partial charge in [0.1, 0.15) is 6.61 Å². The molecule has 0 saturated carbocycles. The lowest BCUT2D eigenvalue weighted by Crippen LogP contribution is -2.38. The number of hydrogen-bond donors (Lipinski definition) is 2. The number of nitrogens with zero attached hydrogens (tertiary/aromatic N) is 1. The van der Waals surface area contributed by atoms with E-state index in [2.05, 4.69) is 53.2 Å². The number of aliphatic carboxylic acids is 1. The number of fused-ring (bicyclic) bond motifs is 4. The highest BCUT2D eigenvalue weighted by atomic mass is 16.5. The first kappa shape index (κ1) is 23.7. The molecule has 0 radical (unpaired) electrons. The SMILES string of the molecule is Cc1c(CC(CCC(=O)O)NC(=O)OCC2c3ccccc3-c3ccccc32)n(C)c2ccccc12. The molecule has 6 nitrogen and oxygen atoms in total. The molecule has 6 heteroatoms. The Kier molecular flexibility index (Phi) is 6.51. The van der Waals surface area contributed by atoms with E-state index in [4.69, 9.17) is 4.74 Å². The topological polar surface area (TPSA) is 80.6 Å². The summed E-state index contributed by atoms with van der Waals surface area (Å²) < 4.78 is 7.85. The second-order valence-corrected chi connectivity index (χ2v) is 9.45. The third kappa shape index (κ3) is 4.47. The van der Waals surface area contributed by atoms with E-state index in [0.29, 0.717) is 12.8 Å².